The molecule has 0 amide bonds. The van der Waals surface area contributed by atoms with Crippen molar-refractivity contribution in [1.82, 2.24) is 0 Å². The van der Waals surface area contributed by atoms with Crippen molar-refractivity contribution >= 4 is 36.7 Å². The van der Waals surface area contributed by atoms with E-state index >= 15 is 0 Å². The summed E-state index contributed by atoms with van der Waals surface area (Å²) in [5.74, 6) is 0.514. The van der Waals surface area contributed by atoms with Crippen LogP contribution in [0.15, 0.2) is 12.2 Å². The molecule has 1 aliphatic carbocycles. The lowest BCUT2D eigenvalue weighted by Crippen LogP contribution is -2.46. The van der Waals surface area contributed by atoms with E-state index in [4.69, 9.17) is 38.2 Å². The van der Waals surface area contributed by atoms with Gasteiger partial charge in [0, 0.05) is 10.8 Å². The normalized spacial score (nSPS) is 55.8. The molecule has 4 fully saturated rings. The first-order chi connectivity index (χ1) is 12.1. The second kappa shape index (κ2) is 6.58. The quantitative estimate of drug-likeness (QED) is 0.388. The van der Waals surface area contributed by atoms with Crippen LogP contribution in [0.5, 0.6) is 0 Å². The van der Waals surface area contributed by atoms with Crippen LogP contribution in [0.25, 0.3) is 0 Å². The molecule has 1 saturated carbocycles. The minimum atomic E-state index is -2.49. The molecule has 144 valence electrons. The van der Waals surface area contributed by atoms with Crippen LogP contribution < -0.4 is 0 Å². The highest BCUT2D eigenvalue weighted by atomic mass is 32.9. The molecule has 4 aliphatic rings. The molecule has 2 radical (unpaired) electrons. The zero-order chi connectivity index (χ0) is 18.9. The minimum absolute atomic E-state index is 0.0218. The average molecular weight is 414 g/mol. The van der Waals surface area contributed by atoms with Crippen LogP contribution in [0.4, 0.5) is 0 Å². The molecule has 4 rings (SSSR count). The lowest BCUT2D eigenvalue weighted by Gasteiger charge is -2.37. The summed E-state index contributed by atoms with van der Waals surface area (Å²) in [4.78, 5) is 0. The van der Waals surface area contributed by atoms with E-state index in [9.17, 15) is 0 Å². The van der Waals surface area contributed by atoms with Gasteiger partial charge in [0.25, 0.3) is 0 Å². The smallest absolute Gasteiger partial charge is 0.248 e. The van der Waals surface area contributed by atoms with Gasteiger partial charge in [0.2, 0.25) is 5.69 Å². The Labute approximate surface area is 167 Å². The first-order valence-electron chi connectivity index (χ1n) is 9.54. The molecule has 0 spiro atoms. The van der Waals surface area contributed by atoms with Gasteiger partial charge in [0.05, 0.1) is 12.2 Å². The molecule has 4 nitrogen and oxygen atoms in total. The third-order valence-corrected chi connectivity index (χ3v) is 12.5. The Morgan fingerprint density at radius 2 is 2.23 bits per heavy atom. The lowest BCUT2D eigenvalue weighted by molar-refractivity contribution is -0.157. The molecular weight excluding hydrogens is 386 g/mol. The van der Waals surface area contributed by atoms with E-state index < -0.39 is 17.3 Å². The maximum absolute atomic E-state index is 6.55. The van der Waals surface area contributed by atoms with Crippen LogP contribution in [0.1, 0.15) is 53.4 Å². The fourth-order valence-electron chi connectivity index (χ4n) is 4.96. The van der Waals surface area contributed by atoms with E-state index in [1.165, 1.54) is 5.57 Å². The van der Waals surface area contributed by atoms with E-state index in [1.54, 1.807) is 11.4 Å². The minimum Gasteiger partial charge on any atom is -0.373 e. The Morgan fingerprint density at radius 3 is 2.88 bits per heavy atom. The van der Waals surface area contributed by atoms with E-state index in [1.807, 2.05) is 6.92 Å². The predicted molar refractivity (Wildman–Crippen MR) is 110 cm³/mol. The fraction of sp³-hybridized carbons (Fsp3) is 0.889. The van der Waals surface area contributed by atoms with Crippen molar-refractivity contribution in [2.45, 2.75) is 94.1 Å². The number of allylic oxidation sites excluding steroid dienone is 1. The Hall–Kier alpha value is 0.645. The highest BCUT2D eigenvalue weighted by molar-refractivity contribution is 8.68. The van der Waals surface area contributed by atoms with Crippen molar-refractivity contribution in [2.24, 2.45) is 5.92 Å². The molecule has 0 N–H and O–H groups in total. The summed E-state index contributed by atoms with van der Waals surface area (Å²) >= 11 is 7.70. The second-order valence-electron chi connectivity index (χ2n) is 8.42. The van der Waals surface area contributed by atoms with E-state index in [0.29, 0.717) is 5.92 Å². The van der Waals surface area contributed by atoms with Gasteiger partial charge in [-0.15, -0.1) is 0 Å². The third kappa shape index (κ3) is 2.92. The lowest BCUT2D eigenvalue weighted by atomic mass is 9.77. The maximum Gasteiger partial charge on any atom is 0.248 e. The van der Waals surface area contributed by atoms with Crippen LogP contribution in [0.2, 0.25) is 0 Å². The molecule has 8 heteroatoms. The number of rotatable bonds is 4. The average Bonchev–Trinajstić information content (AvgIpc) is 3.08. The molecule has 0 aromatic carbocycles. The Morgan fingerprint density at radius 1 is 1.50 bits per heavy atom. The van der Waals surface area contributed by atoms with Crippen LogP contribution in [0, 0.1) is 5.92 Å². The predicted octanol–water partition coefficient (Wildman–Crippen LogP) is 4.32. The summed E-state index contributed by atoms with van der Waals surface area (Å²) in [6.07, 6.45) is 3.53. The Balaban J connectivity index is 1.54. The standard InChI is InChI=1S/C18H28BO4PS2/c1-6-18-11(4)20-14(16(19)21-18)15(18)23-24(25)22-13-9-12(10(2)3)7-8-17(13,5)26-24/h11-16H,2,6-9H2,1,3-5H3/t11-,12+,13-,14-,15+,16-,17-,18+,24+/m1/s1. The van der Waals surface area contributed by atoms with Crippen molar-refractivity contribution in [1.29, 1.82) is 0 Å². The molecule has 0 aromatic rings. The summed E-state index contributed by atoms with van der Waals surface area (Å²) in [5.41, 5.74) is -1.77. The van der Waals surface area contributed by atoms with Crippen molar-refractivity contribution in [3.8, 4) is 0 Å². The van der Waals surface area contributed by atoms with Gasteiger partial charge in [-0.25, -0.2) is 0 Å². The van der Waals surface area contributed by atoms with Gasteiger partial charge in [-0.2, -0.15) is 0 Å². The molecule has 0 unspecified atom stereocenters. The molecule has 9 atom stereocenters. The summed E-state index contributed by atoms with van der Waals surface area (Å²) in [6, 6.07) is -0.462. The van der Waals surface area contributed by atoms with Crippen LogP contribution >= 0.6 is 17.1 Å². The number of fused-ring (bicyclic) bond motifs is 3. The molecule has 3 aliphatic heterocycles. The van der Waals surface area contributed by atoms with Crippen molar-refractivity contribution in [3.05, 3.63) is 12.2 Å². The van der Waals surface area contributed by atoms with Gasteiger partial charge in [-0.3, -0.25) is 0 Å². The Kier molecular flexibility index (Phi) is 5.05. The summed E-state index contributed by atoms with van der Waals surface area (Å²) in [5, 5.41) is 0. The zero-order valence-electron chi connectivity index (χ0n) is 16.0. The number of hydrogen-bond donors (Lipinski definition) is 0. The third-order valence-electron chi connectivity index (χ3n) is 6.75. The topological polar surface area (TPSA) is 36.9 Å². The highest BCUT2D eigenvalue weighted by Gasteiger charge is 2.66. The van der Waals surface area contributed by atoms with Crippen molar-refractivity contribution in [3.63, 3.8) is 0 Å². The maximum atomic E-state index is 6.55. The summed E-state index contributed by atoms with van der Waals surface area (Å²) in [7, 11) is 6.14. The molecular formula is C18H28BO4PS2. The van der Waals surface area contributed by atoms with E-state index in [2.05, 4.69) is 27.4 Å². The first kappa shape index (κ1) is 19.9. The Bertz CT molecular complexity index is 663. The second-order valence-corrected chi connectivity index (χ2v) is 15.0. The van der Waals surface area contributed by atoms with Gasteiger partial charge in [0.15, 0.2) is 0 Å². The van der Waals surface area contributed by atoms with Crippen LogP contribution in [-0.2, 0) is 30.3 Å². The van der Waals surface area contributed by atoms with E-state index in [-0.39, 0.29) is 29.2 Å². The van der Waals surface area contributed by atoms with Gasteiger partial charge in [-0.05, 0) is 64.2 Å². The highest BCUT2D eigenvalue weighted by Crippen LogP contribution is 2.77. The summed E-state index contributed by atoms with van der Waals surface area (Å²) in [6.45, 7) is 12.6. The van der Waals surface area contributed by atoms with Gasteiger partial charge >= 0.3 is 0 Å². The molecule has 3 heterocycles. The van der Waals surface area contributed by atoms with Crippen LogP contribution in [-0.4, -0.2) is 48.6 Å². The summed E-state index contributed by atoms with van der Waals surface area (Å²) < 4.78 is 25.2. The van der Waals surface area contributed by atoms with Crippen molar-refractivity contribution in [2.75, 3.05) is 0 Å². The molecule has 3 saturated heterocycles. The van der Waals surface area contributed by atoms with Crippen LogP contribution in [0.3, 0.4) is 0 Å². The van der Waals surface area contributed by atoms with E-state index in [0.717, 1.165) is 25.7 Å². The SMILES string of the molecule is [B][C@@H]1O[C@@]2(CC)[C@@H](C)O[C@@H]1[C@@H]2O[P@]1(=S)O[C@@H]2C[C@@H](C(=C)C)CC[C@@]2(C)S1. The number of hydrogen-bond acceptors (Lipinski definition) is 6. The molecule has 26 heavy (non-hydrogen) atoms. The van der Waals surface area contributed by atoms with Gasteiger partial charge in [-0.1, -0.05) is 30.5 Å². The van der Waals surface area contributed by atoms with Gasteiger partial charge in [0.1, 0.15) is 25.7 Å². The van der Waals surface area contributed by atoms with Crippen molar-refractivity contribution < 1.29 is 18.5 Å². The van der Waals surface area contributed by atoms with Gasteiger partial charge < -0.3 is 18.5 Å². The zero-order valence-corrected chi connectivity index (χ0v) is 18.5. The molecule has 0 aromatic heterocycles. The largest absolute Gasteiger partial charge is 0.373 e. The fourth-order valence-corrected chi connectivity index (χ4v) is 12.5. The molecule has 2 bridgehead atoms. The first-order valence-corrected chi connectivity index (χ1v) is 13.6. The monoisotopic (exact) mass is 414 g/mol. The number of ether oxygens (including phenoxy) is 2.